The molecule has 1 rings (SSSR count). The molecular weight excluding hydrogens is 164 g/mol. The fourth-order valence-corrected chi connectivity index (χ4v) is 0.825. The van der Waals surface area contributed by atoms with Gasteiger partial charge in [0.05, 0.1) is 0 Å². The molecule has 3 nitrogen and oxygen atoms in total. The van der Waals surface area contributed by atoms with Gasteiger partial charge in [0.2, 0.25) is 5.91 Å². The first-order chi connectivity index (χ1) is 6.24. The summed E-state index contributed by atoms with van der Waals surface area (Å²) in [5, 5.41) is 0. The van der Waals surface area contributed by atoms with Gasteiger partial charge in [0.25, 0.3) is 0 Å². The standard InChI is InChI=1S/C8H10N2O.C2H6/c1-2-7-5-6(8(9)11)3-4-10-7;1-2/h3-5H,2H2,1H3,(H2,9,11);1-2H3. The molecule has 0 aromatic carbocycles. The lowest BCUT2D eigenvalue weighted by Crippen LogP contribution is -2.11. The highest BCUT2D eigenvalue weighted by molar-refractivity contribution is 5.92. The zero-order valence-electron chi connectivity index (χ0n) is 8.37. The van der Waals surface area contributed by atoms with Crippen LogP contribution < -0.4 is 5.73 Å². The quantitative estimate of drug-likeness (QED) is 0.754. The summed E-state index contributed by atoms with van der Waals surface area (Å²) in [7, 11) is 0. The van der Waals surface area contributed by atoms with Gasteiger partial charge in [-0.15, -0.1) is 0 Å². The van der Waals surface area contributed by atoms with E-state index in [-0.39, 0.29) is 0 Å². The summed E-state index contributed by atoms with van der Waals surface area (Å²) in [5.74, 6) is -0.401. The van der Waals surface area contributed by atoms with E-state index in [2.05, 4.69) is 4.98 Å². The molecule has 0 aliphatic rings. The van der Waals surface area contributed by atoms with Crippen molar-refractivity contribution in [2.45, 2.75) is 27.2 Å². The smallest absolute Gasteiger partial charge is 0.248 e. The van der Waals surface area contributed by atoms with E-state index in [9.17, 15) is 4.79 Å². The van der Waals surface area contributed by atoms with Crippen LogP contribution in [0.25, 0.3) is 0 Å². The Bertz CT molecular complexity index is 271. The monoisotopic (exact) mass is 180 g/mol. The minimum Gasteiger partial charge on any atom is -0.366 e. The van der Waals surface area contributed by atoms with Gasteiger partial charge in [-0.3, -0.25) is 9.78 Å². The fourth-order valence-electron chi connectivity index (χ4n) is 0.825. The molecule has 0 saturated carbocycles. The number of nitrogens with zero attached hydrogens (tertiary/aromatic N) is 1. The third kappa shape index (κ3) is 3.69. The van der Waals surface area contributed by atoms with Crippen LogP contribution in [0.2, 0.25) is 0 Å². The van der Waals surface area contributed by atoms with Crippen LogP contribution in [-0.2, 0) is 6.42 Å². The molecule has 0 bridgehead atoms. The van der Waals surface area contributed by atoms with E-state index < -0.39 is 5.91 Å². The van der Waals surface area contributed by atoms with Gasteiger partial charge in [0.15, 0.2) is 0 Å². The molecule has 0 radical (unpaired) electrons. The first-order valence-electron chi connectivity index (χ1n) is 4.48. The van der Waals surface area contributed by atoms with Crippen molar-refractivity contribution in [1.29, 1.82) is 0 Å². The summed E-state index contributed by atoms with van der Waals surface area (Å²) in [4.78, 5) is 14.7. The maximum Gasteiger partial charge on any atom is 0.248 e. The SMILES string of the molecule is CC.CCc1cc(C(N)=O)ccn1. The van der Waals surface area contributed by atoms with Crippen LogP contribution in [0.5, 0.6) is 0 Å². The van der Waals surface area contributed by atoms with Crippen molar-refractivity contribution >= 4 is 5.91 Å². The van der Waals surface area contributed by atoms with Gasteiger partial charge >= 0.3 is 0 Å². The molecule has 1 aromatic rings. The second-order valence-electron chi connectivity index (χ2n) is 2.25. The Morgan fingerprint density at radius 1 is 1.54 bits per heavy atom. The zero-order valence-corrected chi connectivity index (χ0v) is 8.37. The van der Waals surface area contributed by atoms with Crippen molar-refractivity contribution in [1.82, 2.24) is 4.98 Å². The van der Waals surface area contributed by atoms with E-state index in [1.54, 1.807) is 18.3 Å². The Balaban J connectivity index is 0.000000671. The fraction of sp³-hybridized carbons (Fsp3) is 0.400. The molecule has 1 amide bonds. The van der Waals surface area contributed by atoms with Gasteiger partial charge in [-0.25, -0.2) is 0 Å². The predicted octanol–water partition coefficient (Wildman–Crippen LogP) is 1.77. The highest BCUT2D eigenvalue weighted by Crippen LogP contribution is 2.00. The number of hydrogen-bond donors (Lipinski definition) is 1. The van der Waals surface area contributed by atoms with Crippen LogP contribution in [0.3, 0.4) is 0 Å². The normalized spacial score (nSPS) is 8.54. The Hall–Kier alpha value is -1.38. The van der Waals surface area contributed by atoms with Gasteiger partial charge in [-0.05, 0) is 18.6 Å². The van der Waals surface area contributed by atoms with Crippen molar-refractivity contribution < 1.29 is 4.79 Å². The minimum absolute atomic E-state index is 0.401. The largest absolute Gasteiger partial charge is 0.366 e. The number of amides is 1. The van der Waals surface area contributed by atoms with Gasteiger partial charge in [0.1, 0.15) is 0 Å². The van der Waals surface area contributed by atoms with Crippen molar-refractivity contribution in [2.75, 3.05) is 0 Å². The predicted molar refractivity (Wildman–Crippen MR) is 53.5 cm³/mol. The van der Waals surface area contributed by atoms with Crippen LogP contribution in [-0.4, -0.2) is 10.9 Å². The second kappa shape index (κ2) is 6.17. The van der Waals surface area contributed by atoms with Gasteiger partial charge in [-0.2, -0.15) is 0 Å². The first-order valence-corrected chi connectivity index (χ1v) is 4.48. The van der Waals surface area contributed by atoms with E-state index >= 15 is 0 Å². The number of carbonyl (C=O) groups is 1. The molecule has 72 valence electrons. The average Bonchev–Trinajstić information content (AvgIpc) is 2.21. The molecule has 0 unspecified atom stereocenters. The molecule has 1 aromatic heterocycles. The maximum atomic E-state index is 10.7. The molecule has 13 heavy (non-hydrogen) atoms. The average molecular weight is 180 g/mol. The van der Waals surface area contributed by atoms with E-state index in [1.807, 2.05) is 20.8 Å². The summed E-state index contributed by atoms with van der Waals surface area (Å²) in [6.45, 7) is 5.98. The number of primary amides is 1. The van der Waals surface area contributed by atoms with E-state index in [0.29, 0.717) is 5.56 Å². The second-order valence-corrected chi connectivity index (χ2v) is 2.25. The third-order valence-corrected chi connectivity index (χ3v) is 1.46. The Kier molecular flexibility index (Phi) is 5.52. The number of aromatic nitrogens is 1. The van der Waals surface area contributed by atoms with Crippen LogP contribution in [0, 0.1) is 0 Å². The molecule has 2 N–H and O–H groups in total. The highest BCUT2D eigenvalue weighted by Gasteiger charge is 1.99. The lowest BCUT2D eigenvalue weighted by atomic mass is 10.2. The zero-order chi connectivity index (χ0) is 10.3. The number of hydrogen-bond acceptors (Lipinski definition) is 2. The molecule has 0 fully saturated rings. The molecular formula is C10H16N2O. The number of rotatable bonds is 2. The molecule has 0 saturated heterocycles. The van der Waals surface area contributed by atoms with Crippen molar-refractivity contribution in [3.8, 4) is 0 Å². The Labute approximate surface area is 79.0 Å². The number of pyridine rings is 1. The van der Waals surface area contributed by atoms with Crippen LogP contribution in [0.4, 0.5) is 0 Å². The van der Waals surface area contributed by atoms with Crippen LogP contribution in [0.1, 0.15) is 36.8 Å². The number of nitrogens with two attached hydrogens (primary N) is 1. The first kappa shape index (κ1) is 11.6. The summed E-state index contributed by atoms with van der Waals surface area (Å²) < 4.78 is 0. The molecule has 0 spiro atoms. The van der Waals surface area contributed by atoms with Crippen molar-refractivity contribution in [3.05, 3.63) is 29.6 Å². The van der Waals surface area contributed by atoms with Gasteiger partial charge in [0, 0.05) is 17.5 Å². The van der Waals surface area contributed by atoms with Crippen molar-refractivity contribution in [3.63, 3.8) is 0 Å². The summed E-state index contributed by atoms with van der Waals surface area (Å²) in [6, 6.07) is 3.32. The Morgan fingerprint density at radius 2 is 2.15 bits per heavy atom. The summed E-state index contributed by atoms with van der Waals surface area (Å²) >= 11 is 0. The third-order valence-electron chi connectivity index (χ3n) is 1.46. The topological polar surface area (TPSA) is 56.0 Å². The van der Waals surface area contributed by atoms with Crippen LogP contribution in [0.15, 0.2) is 18.3 Å². The number of aryl methyl sites for hydroxylation is 1. The maximum absolute atomic E-state index is 10.7. The minimum atomic E-state index is -0.401. The van der Waals surface area contributed by atoms with E-state index in [4.69, 9.17) is 5.73 Å². The molecule has 0 aliphatic carbocycles. The summed E-state index contributed by atoms with van der Waals surface area (Å²) in [6.07, 6.45) is 2.42. The van der Waals surface area contributed by atoms with Gasteiger partial charge in [-0.1, -0.05) is 20.8 Å². The van der Waals surface area contributed by atoms with E-state index in [1.165, 1.54) is 0 Å². The van der Waals surface area contributed by atoms with E-state index in [0.717, 1.165) is 12.1 Å². The molecule has 3 heteroatoms. The molecule has 0 aliphatic heterocycles. The lowest BCUT2D eigenvalue weighted by molar-refractivity contribution is 0.1000. The molecule has 0 atom stereocenters. The lowest BCUT2D eigenvalue weighted by Gasteiger charge is -1.96. The Morgan fingerprint density at radius 3 is 2.62 bits per heavy atom. The molecule has 1 heterocycles. The van der Waals surface area contributed by atoms with Crippen LogP contribution >= 0.6 is 0 Å². The van der Waals surface area contributed by atoms with Crippen molar-refractivity contribution in [2.24, 2.45) is 5.73 Å². The summed E-state index contributed by atoms with van der Waals surface area (Å²) in [5.41, 5.74) is 6.49. The van der Waals surface area contributed by atoms with Gasteiger partial charge < -0.3 is 5.73 Å². The highest BCUT2D eigenvalue weighted by atomic mass is 16.1. The number of carbonyl (C=O) groups excluding carboxylic acids is 1.